The van der Waals surface area contributed by atoms with Gasteiger partial charge in [-0.05, 0) is 55.3 Å². The highest BCUT2D eigenvalue weighted by molar-refractivity contribution is 7.98. The highest BCUT2D eigenvalue weighted by atomic mass is 35.5. The van der Waals surface area contributed by atoms with E-state index in [0.29, 0.717) is 33.8 Å². The molecule has 3 aromatic carbocycles. The van der Waals surface area contributed by atoms with E-state index in [1.165, 1.54) is 4.31 Å². The summed E-state index contributed by atoms with van der Waals surface area (Å²) in [6.07, 6.45) is 0. The molecule has 3 rings (SSSR count). The lowest BCUT2D eigenvalue weighted by molar-refractivity contribution is -0.119. The smallest absolute Gasteiger partial charge is 0.264 e. The maximum atomic E-state index is 13.4. The molecule has 1 amide bonds. The van der Waals surface area contributed by atoms with Crippen molar-refractivity contribution < 1.29 is 13.2 Å². The molecule has 1 N–H and O–H groups in total. The van der Waals surface area contributed by atoms with E-state index < -0.39 is 10.0 Å². The molecule has 180 valence electrons. The number of hydrogen-bond donors (Lipinski definition) is 1. The fraction of sp³-hybridized carbons (Fsp3) is 0.240. The Morgan fingerprint density at radius 1 is 0.941 bits per heavy atom. The van der Waals surface area contributed by atoms with Gasteiger partial charge in [0.1, 0.15) is 6.54 Å². The minimum atomic E-state index is -3.93. The quantitative estimate of drug-likeness (QED) is 0.329. The van der Waals surface area contributed by atoms with Gasteiger partial charge in [-0.2, -0.15) is 11.8 Å². The van der Waals surface area contributed by atoms with Crippen molar-refractivity contribution in [3.05, 3.63) is 93.5 Å². The van der Waals surface area contributed by atoms with Gasteiger partial charge >= 0.3 is 0 Å². The number of benzene rings is 3. The third-order valence-electron chi connectivity index (χ3n) is 5.16. The van der Waals surface area contributed by atoms with Crippen LogP contribution in [-0.2, 0) is 20.6 Å². The minimum Gasteiger partial charge on any atom is -0.354 e. The number of sulfonamides is 1. The number of nitrogens with one attached hydrogen (secondary N) is 1. The Labute approximate surface area is 215 Å². The van der Waals surface area contributed by atoms with Gasteiger partial charge in [-0.15, -0.1) is 0 Å². The molecule has 0 bridgehead atoms. The number of thioether (sulfide) groups is 1. The first kappa shape index (κ1) is 26.4. The van der Waals surface area contributed by atoms with Gasteiger partial charge in [0.2, 0.25) is 5.91 Å². The molecule has 0 radical (unpaired) electrons. The summed E-state index contributed by atoms with van der Waals surface area (Å²) >= 11 is 14.0. The van der Waals surface area contributed by atoms with Gasteiger partial charge in [-0.3, -0.25) is 9.10 Å². The van der Waals surface area contributed by atoms with Crippen molar-refractivity contribution in [2.75, 3.05) is 23.1 Å². The Morgan fingerprint density at radius 3 is 2.24 bits per heavy atom. The number of amides is 1. The molecule has 0 aliphatic carbocycles. The number of anilines is 1. The zero-order chi connectivity index (χ0) is 24.7. The van der Waals surface area contributed by atoms with E-state index in [2.05, 4.69) is 5.32 Å². The Kier molecular flexibility index (Phi) is 9.31. The molecular weight excluding hydrogens is 511 g/mol. The highest BCUT2D eigenvalue weighted by Gasteiger charge is 2.28. The second kappa shape index (κ2) is 12.0. The Balaban J connectivity index is 1.66. The van der Waals surface area contributed by atoms with E-state index in [1.54, 1.807) is 66.4 Å². The maximum Gasteiger partial charge on any atom is 0.264 e. The van der Waals surface area contributed by atoms with Crippen LogP contribution in [0.15, 0.2) is 71.6 Å². The van der Waals surface area contributed by atoms with Crippen LogP contribution < -0.4 is 9.62 Å². The zero-order valence-corrected chi connectivity index (χ0v) is 22.1. The lowest BCUT2D eigenvalue weighted by atomic mass is 10.2. The largest absolute Gasteiger partial charge is 0.354 e. The number of carbonyl (C=O) groups is 1. The van der Waals surface area contributed by atoms with Crippen molar-refractivity contribution in [1.29, 1.82) is 0 Å². The van der Waals surface area contributed by atoms with Crippen molar-refractivity contribution in [2.24, 2.45) is 0 Å². The Hall–Kier alpha value is -2.19. The number of hydrogen-bond acceptors (Lipinski definition) is 4. The number of halogens is 2. The third-order valence-corrected chi connectivity index (χ3v) is 8.62. The predicted octanol–water partition coefficient (Wildman–Crippen LogP) is 5.86. The highest BCUT2D eigenvalue weighted by Crippen LogP contribution is 2.28. The average Bonchev–Trinajstić information content (AvgIpc) is 2.80. The SMILES string of the molecule is Cc1ccc(S(=O)(=O)N(CC(=O)NCCSCc2c(Cl)cccc2Cl)c2ccccc2C)cc1. The maximum absolute atomic E-state index is 13.4. The van der Waals surface area contributed by atoms with Crippen molar-refractivity contribution in [3.63, 3.8) is 0 Å². The topological polar surface area (TPSA) is 66.5 Å². The summed E-state index contributed by atoms with van der Waals surface area (Å²) in [7, 11) is -3.93. The first-order valence-corrected chi connectivity index (χ1v) is 14.0. The number of nitrogens with zero attached hydrogens (tertiary/aromatic N) is 1. The normalized spacial score (nSPS) is 11.3. The molecule has 9 heteroatoms. The van der Waals surface area contributed by atoms with E-state index in [4.69, 9.17) is 23.2 Å². The van der Waals surface area contributed by atoms with Crippen LogP contribution in [0, 0.1) is 13.8 Å². The summed E-state index contributed by atoms with van der Waals surface area (Å²) in [6.45, 7) is 3.78. The zero-order valence-electron chi connectivity index (χ0n) is 18.9. The fourth-order valence-electron chi connectivity index (χ4n) is 3.27. The van der Waals surface area contributed by atoms with Gasteiger partial charge in [-0.25, -0.2) is 8.42 Å². The second-order valence-corrected chi connectivity index (χ2v) is 11.5. The minimum absolute atomic E-state index is 0.140. The van der Waals surface area contributed by atoms with Crippen molar-refractivity contribution in [2.45, 2.75) is 24.5 Å². The van der Waals surface area contributed by atoms with Crippen LogP contribution in [-0.4, -0.2) is 33.2 Å². The van der Waals surface area contributed by atoms with Crippen molar-refractivity contribution in [1.82, 2.24) is 5.32 Å². The fourth-order valence-corrected chi connectivity index (χ4v) is 6.35. The molecule has 0 aliphatic rings. The Morgan fingerprint density at radius 2 is 1.59 bits per heavy atom. The van der Waals surface area contributed by atoms with E-state index in [-0.39, 0.29) is 17.3 Å². The first-order chi connectivity index (χ1) is 16.2. The van der Waals surface area contributed by atoms with E-state index in [0.717, 1.165) is 16.7 Å². The van der Waals surface area contributed by atoms with Crippen LogP contribution in [0.5, 0.6) is 0 Å². The van der Waals surface area contributed by atoms with E-state index >= 15 is 0 Å². The molecule has 0 aliphatic heterocycles. The van der Waals surface area contributed by atoms with Crippen LogP contribution >= 0.6 is 35.0 Å². The summed E-state index contributed by atoms with van der Waals surface area (Å²) < 4.78 is 28.1. The van der Waals surface area contributed by atoms with Gasteiger partial charge < -0.3 is 5.32 Å². The van der Waals surface area contributed by atoms with E-state index in [1.807, 2.05) is 26.0 Å². The lowest BCUT2D eigenvalue weighted by Gasteiger charge is -2.25. The number of aryl methyl sites for hydroxylation is 2. The molecule has 3 aromatic rings. The number of carbonyl (C=O) groups excluding carboxylic acids is 1. The summed E-state index contributed by atoms with van der Waals surface area (Å²) in [6, 6.07) is 19.1. The standard InChI is InChI=1S/C25H26Cl2N2O3S2/c1-18-10-12-20(13-11-18)34(31,32)29(24-9-4-3-6-19(24)2)16-25(30)28-14-15-33-17-21-22(26)7-5-8-23(21)27/h3-13H,14-17H2,1-2H3,(H,28,30). The molecular formula is C25H26Cl2N2O3S2. The summed E-state index contributed by atoms with van der Waals surface area (Å²) in [5.41, 5.74) is 3.05. The summed E-state index contributed by atoms with van der Waals surface area (Å²) in [4.78, 5) is 12.9. The molecule has 0 unspecified atom stereocenters. The van der Waals surface area contributed by atoms with Crippen LogP contribution in [0.2, 0.25) is 10.0 Å². The molecule has 34 heavy (non-hydrogen) atoms. The monoisotopic (exact) mass is 536 g/mol. The van der Waals surface area contributed by atoms with Gasteiger partial charge in [0.25, 0.3) is 10.0 Å². The van der Waals surface area contributed by atoms with Crippen LogP contribution in [0.4, 0.5) is 5.69 Å². The first-order valence-electron chi connectivity index (χ1n) is 10.6. The molecule has 0 spiro atoms. The van der Waals surface area contributed by atoms with Crippen molar-refractivity contribution in [3.8, 4) is 0 Å². The van der Waals surface area contributed by atoms with Crippen molar-refractivity contribution >= 4 is 56.6 Å². The molecule has 0 atom stereocenters. The third kappa shape index (κ3) is 6.69. The van der Waals surface area contributed by atoms with Crippen LogP contribution in [0.25, 0.3) is 0 Å². The molecule has 0 fully saturated rings. The van der Waals surface area contributed by atoms with Gasteiger partial charge in [0.05, 0.1) is 10.6 Å². The van der Waals surface area contributed by atoms with Crippen LogP contribution in [0.1, 0.15) is 16.7 Å². The summed E-state index contributed by atoms with van der Waals surface area (Å²) in [5.74, 6) is 0.865. The second-order valence-electron chi connectivity index (χ2n) is 7.71. The van der Waals surface area contributed by atoms with Gasteiger partial charge in [0, 0.05) is 28.1 Å². The molecule has 0 aromatic heterocycles. The molecule has 5 nitrogen and oxygen atoms in total. The molecule has 0 heterocycles. The Bertz CT molecular complexity index is 1230. The average molecular weight is 538 g/mol. The van der Waals surface area contributed by atoms with Gasteiger partial charge in [0.15, 0.2) is 0 Å². The predicted molar refractivity (Wildman–Crippen MR) is 143 cm³/mol. The number of rotatable bonds is 10. The number of para-hydroxylation sites is 1. The lowest BCUT2D eigenvalue weighted by Crippen LogP contribution is -2.41. The van der Waals surface area contributed by atoms with Gasteiger partial charge in [-0.1, -0.05) is 65.2 Å². The summed E-state index contributed by atoms with van der Waals surface area (Å²) in [5, 5.41) is 4.04. The van der Waals surface area contributed by atoms with Crippen LogP contribution in [0.3, 0.4) is 0 Å². The molecule has 0 saturated carbocycles. The molecule has 0 saturated heterocycles. The van der Waals surface area contributed by atoms with E-state index in [9.17, 15) is 13.2 Å².